The quantitative estimate of drug-likeness (QED) is 0.675. The third-order valence-electron chi connectivity index (χ3n) is 2.85. The molecule has 0 bridgehead atoms. The molecule has 0 atom stereocenters. The highest BCUT2D eigenvalue weighted by Crippen LogP contribution is 2.20. The van der Waals surface area contributed by atoms with Crippen LogP contribution in [-0.2, 0) is 6.54 Å². The Balaban J connectivity index is 2.03. The molecule has 0 aliphatic carbocycles. The Kier molecular flexibility index (Phi) is 1.85. The van der Waals surface area contributed by atoms with Crippen LogP contribution in [0.2, 0.25) is 0 Å². The summed E-state index contributed by atoms with van der Waals surface area (Å²) in [5.41, 5.74) is 2.81. The molecule has 0 unspecified atom stereocenters. The minimum atomic E-state index is -0.0571. The maximum atomic E-state index is 11.3. The summed E-state index contributed by atoms with van der Waals surface area (Å²) in [6.45, 7) is 2.47. The van der Waals surface area contributed by atoms with Gasteiger partial charge in [0, 0.05) is 25.2 Å². The summed E-state index contributed by atoms with van der Waals surface area (Å²) in [6.07, 6.45) is 4.88. The van der Waals surface area contributed by atoms with Gasteiger partial charge in [-0.2, -0.15) is 0 Å². The van der Waals surface area contributed by atoms with E-state index >= 15 is 0 Å². The molecule has 3 heterocycles. The number of aromatic nitrogens is 2. The number of rotatable bonds is 1. The number of amides is 1. The average Bonchev–Trinajstić information content (AvgIpc) is 2.83. The van der Waals surface area contributed by atoms with E-state index in [0.29, 0.717) is 12.2 Å². The van der Waals surface area contributed by atoms with Crippen molar-refractivity contribution in [3.05, 3.63) is 23.8 Å². The summed E-state index contributed by atoms with van der Waals surface area (Å²) in [7, 11) is 0. The summed E-state index contributed by atoms with van der Waals surface area (Å²) in [4.78, 5) is 15.5. The van der Waals surface area contributed by atoms with Crippen LogP contribution in [0.4, 0.5) is 0 Å². The third-order valence-corrected chi connectivity index (χ3v) is 2.85. The third kappa shape index (κ3) is 1.27. The monoisotopic (exact) mass is 204 g/mol. The molecule has 5 nitrogen and oxygen atoms in total. The van der Waals surface area contributed by atoms with Crippen LogP contribution in [0.5, 0.6) is 0 Å². The number of carbonyl (C=O) groups is 1. The molecule has 2 aliphatic heterocycles. The number of hydrogen-bond donors (Lipinski definition) is 2. The highest BCUT2D eigenvalue weighted by Gasteiger charge is 2.25. The summed E-state index contributed by atoms with van der Waals surface area (Å²) >= 11 is 0. The van der Waals surface area contributed by atoms with Gasteiger partial charge in [0.25, 0.3) is 5.91 Å². The van der Waals surface area contributed by atoms with E-state index in [1.807, 2.05) is 4.57 Å². The van der Waals surface area contributed by atoms with Crippen molar-refractivity contribution in [1.29, 1.82) is 0 Å². The minimum Gasteiger partial charge on any atom is -0.345 e. The zero-order valence-electron chi connectivity index (χ0n) is 8.29. The maximum absolute atomic E-state index is 11.3. The van der Waals surface area contributed by atoms with Crippen LogP contribution in [0.3, 0.4) is 0 Å². The Labute approximate surface area is 87.2 Å². The van der Waals surface area contributed by atoms with Crippen LogP contribution < -0.4 is 10.6 Å². The lowest BCUT2D eigenvalue weighted by Crippen LogP contribution is -2.22. The first kappa shape index (κ1) is 8.67. The Bertz CT molecular complexity index is 446. The molecule has 0 spiro atoms. The fourth-order valence-corrected chi connectivity index (χ4v) is 2.06. The Hall–Kier alpha value is -1.62. The zero-order chi connectivity index (χ0) is 10.3. The van der Waals surface area contributed by atoms with Gasteiger partial charge in [-0.15, -0.1) is 0 Å². The van der Waals surface area contributed by atoms with Crippen molar-refractivity contribution in [2.24, 2.45) is 0 Å². The number of nitrogens with zero attached hydrogens (tertiary/aromatic N) is 2. The van der Waals surface area contributed by atoms with Gasteiger partial charge in [0.05, 0.1) is 12.2 Å². The predicted molar refractivity (Wildman–Crippen MR) is 55.2 cm³/mol. The molecule has 1 amide bonds. The van der Waals surface area contributed by atoms with Crippen LogP contribution in [0.1, 0.15) is 22.6 Å². The number of carbonyl (C=O) groups excluding carboxylic acids is 1. The molecule has 3 rings (SSSR count). The first-order chi connectivity index (χ1) is 7.36. The smallest absolute Gasteiger partial charge is 0.272 e. The van der Waals surface area contributed by atoms with Gasteiger partial charge in [-0.1, -0.05) is 6.08 Å². The van der Waals surface area contributed by atoms with E-state index in [2.05, 4.69) is 21.7 Å². The molecule has 5 heteroatoms. The summed E-state index contributed by atoms with van der Waals surface area (Å²) < 4.78 is 2.04. The van der Waals surface area contributed by atoms with E-state index < -0.39 is 0 Å². The second kappa shape index (κ2) is 3.20. The molecule has 2 N–H and O–H groups in total. The van der Waals surface area contributed by atoms with Gasteiger partial charge in [-0.3, -0.25) is 4.79 Å². The van der Waals surface area contributed by atoms with Crippen LogP contribution in [-0.4, -0.2) is 28.5 Å². The fraction of sp³-hybridized carbons (Fsp3) is 0.400. The Morgan fingerprint density at radius 1 is 1.47 bits per heavy atom. The molecule has 78 valence electrons. The normalized spacial score (nSPS) is 19.7. The highest BCUT2D eigenvalue weighted by atomic mass is 16.2. The summed E-state index contributed by atoms with van der Waals surface area (Å²) in [5.74, 6) is -0.0571. The van der Waals surface area contributed by atoms with Crippen molar-refractivity contribution in [2.75, 3.05) is 13.1 Å². The van der Waals surface area contributed by atoms with E-state index in [1.54, 1.807) is 6.33 Å². The minimum absolute atomic E-state index is 0.0571. The average molecular weight is 204 g/mol. The Morgan fingerprint density at radius 2 is 2.40 bits per heavy atom. The molecule has 0 aromatic carbocycles. The molecule has 0 saturated heterocycles. The van der Waals surface area contributed by atoms with E-state index in [9.17, 15) is 4.79 Å². The van der Waals surface area contributed by atoms with Gasteiger partial charge in [0.1, 0.15) is 6.33 Å². The standard InChI is InChI=1S/C10H12N4O/c15-10-9-8(5-12-10)14(6-13-9)7-1-3-11-4-2-7/h1,6,11H,2-5H2,(H,12,15). The van der Waals surface area contributed by atoms with Crippen LogP contribution in [0.15, 0.2) is 12.4 Å². The topological polar surface area (TPSA) is 59.0 Å². The first-order valence-corrected chi connectivity index (χ1v) is 5.11. The number of hydrogen-bond acceptors (Lipinski definition) is 3. The lowest BCUT2D eigenvalue weighted by Gasteiger charge is -2.16. The summed E-state index contributed by atoms with van der Waals surface area (Å²) in [6, 6.07) is 0. The molecule has 15 heavy (non-hydrogen) atoms. The highest BCUT2D eigenvalue weighted by molar-refractivity contribution is 5.96. The fourth-order valence-electron chi connectivity index (χ4n) is 2.06. The number of imidazole rings is 1. The van der Waals surface area contributed by atoms with E-state index in [1.165, 1.54) is 5.70 Å². The molecule has 2 aliphatic rings. The second-order valence-corrected chi connectivity index (χ2v) is 3.74. The molecule has 0 saturated carbocycles. The molecule has 1 aromatic rings. The summed E-state index contributed by atoms with van der Waals surface area (Å²) in [5, 5.41) is 6.04. The van der Waals surface area contributed by atoms with Crippen LogP contribution in [0.25, 0.3) is 5.70 Å². The lowest BCUT2D eigenvalue weighted by atomic mass is 10.2. The van der Waals surface area contributed by atoms with Gasteiger partial charge in [0.15, 0.2) is 5.69 Å². The second-order valence-electron chi connectivity index (χ2n) is 3.74. The van der Waals surface area contributed by atoms with Gasteiger partial charge in [-0.05, 0) is 0 Å². The molecular weight excluding hydrogens is 192 g/mol. The molecular formula is C10H12N4O. The van der Waals surface area contributed by atoms with Crippen LogP contribution >= 0.6 is 0 Å². The molecule has 0 radical (unpaired) electrons. The SMILES string of the molecule is O=C1NCc2c1ncn2C1=CCNCC1. The predicted octanol–water partition coefficient (Wildman–Crippen LogP) is -0.0393. The van der Waals surface area contributed by atoms with E-state index in [-0.39, 0.29) is 5.91 Å². The van der Waals surface area contributed by atoms with Crippen LogP contribution in [0, 0.1) is 0 Å². The Morgan fingerprint density at radius 3 is 3.20 bits per heavy atom. The van der Waals surface area contributed by atoms with Crippen molar-refractivity contribution >= 4 is 11.6 Å². The molecule has 0 fully saturated rings. The lowest BCUT2D eigenvalue weighted by molar-refractivity contribution is 0.0961. The van der Waals surface area contributed by atoms with E-state index in [4.69, 9.17) is 0 Å². The number of nitrogens with one attached hydrogen (secondary N) is 2. The van der Waals surface area contributed by atoms with Crippen molar-refractivity contribution in [3.8, 4) is 0 Å². The maximum Gasteiger partial charge on any atom is 0.272 e. The number of fused-ring (bicyclic) bond motifs is 1. The van der Waals surface area contributed by atoms with Crippen molar-refractivity contribution in [1.82, 2.24) is 20.2 Å². The van der Waals surface area contributed by atoms with Gasteiger partial charge < -0.3 is 15.2 Å². The van der Waals surface area contributed by atoms with Gasteiger partial charge in [-0.25, -0.2) is 4.98 Å². The first-order valence-electron chi connectivity index (χ1n) is 5.11. The zero-order valence-corrected chi connectivity index (χ0v) is 8.29. The van der Waals surface area contributed by atoms with E-state index in [0.717, 1.165) is 25.2 Å². The van der Waals surface area contributed by atoms with Gasteiger partial charge in [0.2, 0.25) is 0 Å². The van der Waals surface area contributed by atoms with Crippen molar-refractivity contribution in [3.63, 3.8) is 0 Å². The van der Waals surface area contributed by atoms with Crippen molar-refractivity contribution < 1.29 is 4.79 Å². The van der Waals surface area contributed by atoms with Gasteiger partial charge >= 0.3 is 0 Å². The van der Waals surface area contributed by atoms with Crippen molar-refractivity contribution in [2.45, 2.75) is 13.0 Å². The molecule has 1 aromatic heterocycles. The largest absolute Gasteiger partial charge is 0.345 e.